The van der Waals surface area contributed by atoms with Gasteiger partial charge in [-0.15, -0.1) is 0 Å². The molecule has 0 aliphatic carbocycles. The van der Waals surface area contributed by atoms with E-state index in [1.54, 1.807) is 24.3 Å². The van der Waals surface area contributed by atoms with Crippen LogP contribution in [0, 0.1) is 11.3 Å². The molecule has 7 nitrogen and oxygen atoms in total. The van der Waals surface area contributed by atoms with Crippen LogP contribution in [0.3, 0.4) is 0 Å². The molecule has 156 valence electrons. The van der Waals surface area contributed by atoms with Crippen LogP contribution >= 0.6 is 0 Å². The van der Waals surface area contributed by atoms with E-state index in [4.69, 9.17) is 14.7 Å². The molecule has 0 saturated heterocycles. The number of halogens is 2. The Balaban J connectivity index is 1.92. The third-order valence-corrected chi connectivity index (χ3v) is 3.70. The summed E-state index contributed by atoms with van der Waals surface area (Å²) < 4.78 is 39.5. The second-order valence-electron chi connectivity index (χ2n) is 5.78. The van der Waals surface area contributed by atoms with Crippen LogP contribution < -0.4 is 14.8 Å². The SMILES string of the molecule is COc1cccc(/C=C/C(=O)OCC(=O)Nc2ccc(CC#N)cc2)c1OC(F)F. The number of methoxy groups -OCH3 is 1. The predicted molar refractivity (Wildman–Crippen MR) is 104 cm³/mol. The molecular formula is C21H18F2N2O5. The monoisotopic (exact) mass is 416 g/mol. The standard InChI is InChI=1S/C21H18F2N2O5/c1-28-17-4-2-3-15(20(17)30-21(22)23)7-10-19(27)29-13-18(26)25-16-8-5-14(6-9-16)11-12-24/h2-10,21H,11,13H2,1H3,(H,25,26)/b10-7+. The summed E-state index contributed by atoms with van der Waals surface area (Å²) in [6.07, 6.45) is 2.46. The minimum atomic E-state index is -3.07. The number of hydrogen-bond acceptors (Lipinski definition) is 6. The van der Waals surface area contributed by atoms with E-state index in [0.717, 1.165) is 11.6 Å². The highest BCUT2D eigenvalue weighted by Crippen LogP contribution is 2.33. The summed E-state index contributed by atoms with van der Waals surface area (Å²) in [5.74, 6) is -1.56. The molecule has 0 spiro atoms. The quantitative estimate of drug-likeness (QED) is 0.496. The van der Waals surface area contributed by atoms with Gasteiger partial charge in [-0.1, -0.05) is 24.3 Å². The topological polar surface area (TPSA) is 97.6 Å². The van der Waals surface area contributed by atoms with Crippen molar-refractivity contribution in [2.24, 2.45) is 0 Å². The zero-order valence-corrected chi connectivity index (χ0v) is 15.9. The zero-order chi connectivity index (χ0) is 21.9. The van der Waals surface area contributed by atoms with E-state index in [9.17, 15) is 18.4 Å². The molecule has 0 saturated carbocycles. The van der Waals surface area contributed by atoms with Crippen molar-refractivity contribution in [1.82, 2.24) is 0 Å². The molecule has 1 N–H and O–H groups in total. The molecule has 30 heavy (non-hydrogen) atoms. The Kier molecular flexibility index (Phi) is 8.32. The van der Waals surface area contributed by atoms with Gasteiger partial charge in [-0.2, -0.15) is 14.0 Å². The number of amides is 1. The van der Waals surface area contributed by atoms with Crippen molar-refractivity contribution in [2.45, 2.75) is 13.0 Å². The maximum atomic E-state index is 12.6. The van der Waals surface area contributed by atoms with Crippen molar-refractivity contribution in [1.29, 1.82) is 5.26 Å². The summed E-state index contributed by atoms with van der Waals surface area (Å²) in [5, 5.41) is 11.2. The third-order valence-electron chi connectivity index (χ3n) is 3.70. The van der Waals surface area contributed by atoms with Gasteiger partial charge in [-0.25, -0.2) is 4.79 Å². The van der Waals surface area contributed by atoms with Crippen molar-refractivity contribution >= 4 is 23.6 Å². The molecule has 0 fully saturated rings. The lowest BCUT2D eigenvalue weighted by Gasteiger charge is -2.12. The Morgan fingerprint density at radius 3 is 2.57 bits per heavy atom. The number of benzene rings is 2. The van der Waals surface area contributed by atoms with Gasteiger partial charge in [0.1, 0.15) is 0 Å². The van der Waals surface area contributed by atoms with Crippen LogP contribution in [-0.4, -0.2) is 32.2 Å². The fraction of sp³-hybridized carbons (Fsp3) is 0.190. The molecule has 2 aromatic carbocycles. The molecule has 0 bridgehead atoms. The van der Waals surface area contributed by atoms with Crippen molar-refractivity contribution in [3.05, 3.63) is 59.7 Å². The summed E-state index contributed by atoms with van der Waals surface area (Å²) in [5.41, 5.74) is 1.46. The maximum absolute atomic E-state index is 12.6. The molecule has 2 rings (SSSR count). The first-order chi connectivity index (χ1) is 14.4. The van der Waals surface area contributed by atoms with Gasteiger partial charge >= 0.3 is 12.6 Å². The first-order valence-corrected chi connectivity index (χ1v) is 8.65. The minimum Gasteiger partial charge on any atom is -0.493 e. The highest BCUT2D eigenvalue weighted by molar-refractivity contribution is 5.94. The lowest BCUT2D eigenvalue weighted by atomic mass is 10.1. The smallest absolute Gasteiger partial charge is 0.387 e. The van der Waals surface area contributed by atoms with E-state index in [2.05, 4.69) is 10.1 Å². The molecule has 0 atom stereocenters. The van der Waals surface area contributed by atoms with Crippen LogP contribution in [0.1, 0.15) is 11.1 Å². The largest absolute Gasteiger partial charge is 0.493 e. The number of anilines is 1. The van der Waals surface area contributed by atoms with E-state index in [-0.39, 0.29) is 23.5 Å². The Morgan fingerprint density at radius 2 is 1.93 bits per heavy atom. The van der Waals surface area contributed by atoms with E-state index < -0.39 is 25.1 Å². The number of alkyl halides is 2. The van der Waals surface area contributed by atoms with Crippen LogP contribution in [0.25, 0.3) is 6.08 Å². The minimum absolute atomic E-state index is 0.0750. The Morgan fingerprint density at radius 1 is 1.20 bits per heavy atom. The van der Waals surface area contributed by atoms with E-state index in [1.165, 1.54) is 31.4 Å². The fourth-order valence-corrected chi connectivity index (χ4v) is 2.38. The van der Waals surface area contributed by atoms with Gasteiger partial charge in [-0.05, 0) is 29.8 Å². The fourth-order valence-electron chi connectivity index (χ4n) is 2.38. The molecule has 0 radical (unpaired) electrons. The average molecular weight is 416 g/mol. The van der Waals surface area contributed by atoms with Gasteiger partial charge in [0.2, 0.25) is 0 Å². The van der Waals surface area contributed by atoms with Crippen LogP contribution in [0.4, 0.5) is 14.5 Å². The molecular weight excluding hydrogens is 398 g/mol. The van der Waals surface area contributed by atoms with Gasteiger partial charge in [0.05, 0.1) is 19.6 Å². The van der Waals surface area contributed by atoms with Crippen LogP contribution in [-0.2, 0) is 20.7 Å². The molecule has 0 unspecified atom stereocenters. The highest BCUT2D eigenvalue weighted by atomic mass is 19.3. The summed E-state index contributed by atoms with van der Waals surface area (Å²) in [7, 11) is 1.30. The molecule has 1 amide bonds. The first kappa shape index (κ1) is 22.4. The number of para-hydroxylation sites is 1. The van der Waals surface area contributed by atoms with Crippen LogP contribution in [0.15, 0.2) is 48.5 Å². The Bertz CT molecular complexity index is 953. The summed E-state index contributed by atoms with van der Waals surface area (Å²) in [6, 6.07) is 13.1. The number of carbonyl (C=O) groups excluding carboxylic acids is 2. The number of ether oxygens (including phenoxy) is 3. The van der Waals surface area contributed by atoms with Gasteiger partial charge < -0.3 is 19.5 Å². The van der Waals surface area contributed by atoms with E-state index in [1.807, 2.05) is 6.07 Å². The maximum Gasteiger partial charge on any atom is 0.387 e. The molecule has 2 aromatic rings. The normalized spacial score (nSPS) is 10.5. The van der Waals surface area contributed by atoms with Gasteiger partial charge in [0.25, 0.3) is 5.91 Å². The van der Waals surface area contributed by atoms with Crippen molar-refractivity contribution in [3.8, 4) is 17.6 Å². The number of esters is 1. The van der Waals surface area contributed by atoms with E-state index >= 15 is 0 Å². The lowest BCUT2D eigenvalue weighted by Crippen LogP contribution is -2.20. The molecule has 0 aromatic heterocycles. The molecule has 0 aliphatic heterocycles. The number of carbonyl (C=O) groups is 2. The second kappa shape index (κ2) is 11.2. The highest BCUT2D eigenvalue weighted by Gasteiger charge is 2.14. The lowest BCUT2D eigenvalue weighted by molar-refractivity contribution is -0.142. The van der Waals surface area contributed by atoms with Gasteiger partial charge in [0, 0.05) is 17.3 Å². The first-order valence-electron chi connectivity index (χ1n) is 8.65. The summed E-state index contributed by atoms with van der Waals surface area (Å²) in [6.45, 7) is -3.61. The van der Waals surface area contributed by atoms with Crippen LogP contribution in [0.5, 0.6) is 11.5 Å². The van der Waals surface area contributed by atoms with Crippen molar-refractivity contribution in [3.63, 3.8) is 0 Å². The molecule has 0 aliphatic rings. The second-order valence-corrected chi connectivity index (χ2v) is 5.78. The third kappa shape index (κ3) is 6.91. The van der Waals surface area contributed by atoms with Gasteiger partial charge in [-0.3, -0.25) is 4.79 Å². The number of nitrogens with one attached hydrogen (secondary N) is 1. The zero-order valence-electron chi connectivity index (χ0n) is 15.9. The Labute approximate surface area is 171 Å². The number of nitrogens with zero attached hydrogens (tertiary/aromatic N) is 1. The predicted octanol–water partition coefficient (Wildman–Crippen LogP) is 3.56. The number of hydrogen-bond donors (Lipinski definition) is 1. The summed E-state index contributed by atoms with van der Waals surface area (Å²) in [4.78, 5) is 23.7. The average Bonchev–Trinajstić information content (AvgIpc) is 2.72. The van der Waals surface area contributed by atoms with Gasteiger partial charge in [0.15, 0.2) is 18.1 Å². The molecule has 0 heterocycles. The van der Waals surface area contributed by atoms with Crippen molar-refractivity contribution in [2.75, 3.05) is 19.0 Å². The van der Waals surface area contributed by atoms with E-state index in [0.29, 0.717) is 5.69 Å². The van der Waals surface area contributed by atoms with Crippen LogP contribution in [0.2, 0.25) is 0 Å². The number of rotatable bonds is 9. The van der Waals surface area contributed by atoms with Crippen molar-refractivity contribution < 1.29 is 32.6 Å². The molecule has 9 heteroatoms. The number of nitriles is 1. The Hall–Kier alpha value is -3.93. The summed E-state index contributed by atoms with van der Waals surface area (Å²) >= 11 is 0.